The van der Waals surface area contributed by atoms with Crippen molar-refractivity contribution in [2.45, 2.75) is 19.9 Å². The zero-order valence-electron chi connectivity index (χ0n) is 7.85. The summed E-state index contributed by atoms with van der Waals surface area (Å²) in [7, 11) is 0. The first-order valence-corrected chi connectivity index (χ1v) is 3.99. The van der Waals surface area contributed by atoms with Crippen LogP contribution < -0.4 is 0 Å². The lowest BCUT2D eigenvalue weighted by molar-refractivity contribution is -0.119. The molecule has 5 heteroatoms. The largest absolute Gasteiger partial charge is 0.311 e. The molecule has 1 heterocycles. The van der Waals surface area contributed by atoms with Crippen molar-refractivity contribution in [3.8, 4) is 12.1 Å². The van der Waals surface area contributed by atoms with Gasteiger partial charge in [-0.05, 0) is 13.8 Å². The Kier molecular flexibility index (Phi) is 2.64. The second-order valence-corrected chi connectivity index (χ2v) is 2.86. The van der Waals surface area contributed by atoms with Gasteiger partial charge in [-0.15, -0.1) is 0 Å². The van der Waals surface area contributed by atoms with Crippen molar-refractivity contribution in [1.29, 1.82) is 10.5 Å². The lowest BCUT2D eigenvalue weighted by Crippen LogP contribution is -2.14. The first kappa shape index (κ1) is 9.94. The van der Waals surface area contributed by atoms with Crippen LogP contribution in [0.3, 0.4) is 0 Å². The highest BCUT2D eigenvalue weighted by molar-refractivity contribution is 5.79. The number of carbonyl (C=O) groups excluding carboxylic acids is 1. The van der Waals surface area contributed by atoms with Crippen LogP contribution in [0.15, 0.2) is 6.33 Å². The number of carbonyl (C=O) groups is 1. The molecular weight excluding hydrogens is 180 g/mol. The molecule has 1 aromatic heterocycles. The Hall–Kier alpha value is -2.14. The minimum Gasteiger partial charge on any atom is -0.311 e. The van der Waals surface area contributed by atoms with Crippen LogP contribution in [-0.2, 0) is 4.79 Å². The van der Waals surface area contributed by atoms with Crippen molar-refractivity contribution in [3.05, 3.63) is 17.7 Å². The molecule has 0 aliphatic carbocycles. The summed E-state index contributed by atoms with van der Waals surface area (Å²) in [5, 5.41) is 17.4. The van der Waals surface area contributed by atoms with Gasteiger partial charge in [0.15, 0.2) is 17.2 Å². The summed E-state index contributed by atoms with van der Waals surface area (Å²) in [5.74, 6) is -0.0802. The van der Waals surface area contributed by atoms with Crippen molar-refractivity contribution < 1.29 is 4.79 Å². The summed E-state index contributed by atoms with van der Waals surface area (Å²) in [6, 6.07) is 3.19. The minimum absolute atomic E-state index is 0.0561. The molecule has 1 unspecified atom stereocenters. The highest BCUT2D eigenvalue weighted by Crippen LogP contribution is 2.13. The van der Waals surface area contributed by atoms with Gasteiger partial charge in [-0.1, -0.05) is 0 Å². The van der Waals surface area contributed by atoms with E-state index in [1.165, 1.54) is 17.8 Å². The molecule has 1 rings (SSSR count). The number of hydrogen-bond donors (Lipinski definition) is 0. The van der Waals surface area contributed by atoms with Gasteiger partial charge in [0.25, 0.3) is 0 Å². The average Bonchev–Trinajstić information content (AvgIpc) is 2.58. The smallest absolute Gasteiger partial charge is 0.176 e. The molecule has 0 spiro atoms. The first-order chi connectivity index (χ1) is 6.61. The molecule has 70 valence electrons. The summed E-state index contributed by atoms with van der Waals surface area (Å²) in [4.78, 5) is 14.8. The zero-order chi connectivity index (χ0) is 10.7. The lowest BCUT2D eigenvalue weighted by atomic mass is 10.2. The van der Waals surface area contributed by atoms with Crippen molar-refractivity contribution in [2.24, 2.45) is 0 Å². The van der Waals surface area contributed by atoms with E-state index in [4.69, 9.17) is 10.5 Å². The van der Waals surface area contributed by atoms with E-state index in [0.717, 1.165) is 0 Å². The highest BCUT2D eigenvalue weighted by atomic mass is 16.1. The van der Waals surface area contributed by atoms with Crippen molar-refractivity contribution >= 4 is 5.78 Å². The Morgan fingerprint density at radius 3 is 2.64 bits per heavy atom. The van der Waals surface area contributed by atoms with Gasteiger partial charge < -0.3 is 4.57 Å². The number of nitriles is 2. The van der Waals surface area contributed by atoms with E-state index in [9.17, 15) is 4.79 Å². The molecule has 1 atom stereocenters. The van der Waals surface area contributed by atoms with Crippen molar-refractivity contribution in [2.75, 3.05) is 0 Å². The monoisotopic (exact) mass is 188 g/mol. The number of hydrogen-bond acceptors (Lipinski definition) is 4. The normalized spacial score (nSPS) is 11.4. The van der Waals surface area contributed by atoms with Gasteiger partial charge in [-0.3, -0.25) is 4.79 Å². The summed E-state index contributed by atoms with van der Waals surface area (Å²) < 4.78 is 1.40. The Morgan fingerprint density at radius 1 is 1.57 bits per heavy atom. The van der Waals surface area contributed by atoms with Gasteiger partial charge in [0, 0.05) is 0 Å². The highest BCUT2D eigenvalue weighted by Gasteiger charge is 2.17. The predicted molar refractivity (Wildman–Crippen MR) is 47.0 cm³/mol. The van der Waals surface area contributed by atoms with Crippen LogP contribution in [-0.4, -0.2) is 15.3 Å². The number of nitrogens with zero attached hydrogens (tertiary/aromatic N) is 4. The van der Waals surface area contributed by atoms with E-state index in [1.807, 2.05) is 6.07 Å². The standard InChI is InChI=1S/C9H8N4O/c1-6(7(2)14)13-5-12-8(3-10)9(13)4-11/h5-6H,1-2H3. The summed E-state index contributed by atoms with van der Waals surface area (Å²) in [6.45, 7) is 3.09. The molecule has 14 heavy (non-hydrogen) atoms. The third-order valence-corrected chi connectivity index (χ3v) is 2.01. The van der Waals surface area contributed by atoms with Crippen LogP contribution >= 0.6 is 0 Å². The third kappa shape index (κ3) is 1.48. The van der Waals surface area contributed by atoms with Crippen molar-refractivity contribution in [1.82, 2.24) is 9.55 Å². The molecule has 0 bridgehead atoms. The molecule has 0 saturated carbocycles. The fourth-order valence-electron chi connectivity index (χ4n) is 1.04. The first-order valence-electron chi connectivity index (χ1n) is 3.99. The Morgan fingerprint density at radius 2 is 2.21 bits per heavy atom. The lowest BCUT2D eigenvalue weighted by Gasteiger charge is -2.09. The van der Waals surface area contributed by atoms with Gasteiger partial charge in [-0.25, -0.2) is 4.98 Å². The van der Waals surface area contributed by atoms with E-state index < -0.39 is 6.04 Å². The maximum atomic E-state index is 11.1. The Labute approximate surface area is 81.2 Å². The average molecular weight is 188 g/mol. The van der Waals surface area contributed by atoms with E-state index in [2.05, 4.69) is 4.98 Å². The third-order valence-electron chi connectivity index (χ3n) is 2.01. The van der Waals surface area contributed by atoms with E-state index in [0.29, 0.717) is 0 Å². The molecule has 5 nitrogen and oxygen atoms in total. The Bertz CT molecular complexity index is 446. The number of imidazole rings is 1. The molecule has 0 saturated heterocycles. The molecule has 0 N–H and O–H groups in total. The van der Waals surface area contributed by atoms with Gasteiger partial charge >= 0.3 is 0 Å². The van der Waals surface area contributed by atoms with Crippen LogP contribution in [0.2, 0.25) is 0 Å². The van der Waals surface area contributed by atoms with Gasteiger partial charge in [-0.2, -0.15) is 10.5 Å². The fourth-order valence-corrected chi connectivity index (χ4v) is 1.04. The second-order valence-electron chi connectivity index (χ2n) is 2.86. The number of rotatable bonds is 2. The van der Waals surface area contributed by atoms with E-state index in [1.54, 1.807) is 13.0 Å². The maximum Gasteiger partial charge on any atom is 0.176 e. The number of Topliss-reactive ketones (excluding diaryl/α,β-unsaturated/α-hetero) is 1. The molecule has 0 radical (unpaired) electrons. The predicted octanol–water partition coefficient (Wildman–Crippen LogP) is 0.776. The molecule has 0 amide bonds. The van der Waals surface area contributed by atoms with Crippen LogP contribution in [0.4, 0.5) is 0 Å². The molecule has 1 aromatic rings. The van der Waals surface area contributed by atoms with Crippen molar-refractivity contribution in [3.63, 3.8) is 0 Å². The van der Waals surface area contributed by atoms with Gasteiger partial charge in [0.05, 0.1) is 12.4 Å². The molecule has 0 aliphatic rings. The SMILES string of the molecule is CC(=O)C(C)n1cnc(C#N)c1C#N. The van der Waals surface area contributed by atoms with Crippen LogP contribution in [0.5, 0.6) is 0 Å². The zero-order valence-corrected chi connectivity index (χ0v) is 7.85. The van der Waals surface area contributed by atoms with E-state index in [-0.39, 0.29) is 17.2 Å². The van der Waals surface area contributed by atoms with Gasteiger partial charge in [0.1, 0.15) is 12.1 Å². The summed E-state index contributed by atoms with van der Waals surface area (Å²) in [5.41, 5.74) is 0.191. The van der Waals surface area contributed by atoms with E-state index >= 15 is 0 Å². The quantitative estimate of drug-likeness (QED) is 0.686. The molecule has 0 fully saturated rings. The second kappa shape index (κ2) is 3.71. The maximum absolute atomic E-state index is 11.1. The van der Waals surface area contributed by atoms with Crippen LogP contribution in [0.25, 0.3) is 0 Å². The minimum atomic E-state index is -0.459. The topological polar surface area (TPSA) is 82.5 Å². The molecule has 0 aliphatic heterocycles. The van der Waals surface area contributed by atoms with Gasteiger partial charge in [0.2, 0.25) is 0 Å². The summed E-state index contributed by atoms with van der Waals surface area (Å²) >= 11 is 0. The number of ketones is 1. The number of aromatic nitrogens is 2. The van der Waals surface area contributed by atoms with Crippen LogP contribution in [0.1, 0.15) is 31.3 Å². The summed E-state index contributed by atoms with van der Waals surface area (Å²) in [6.07, 6.45) is 1.34. The molecular formula is C9H8N4O. The molecule has 0 aromatic carbocycles. The Balaban J connectivity index is 3.25. The fraction of sp³-hybridized carbons (Fsp3) is 0.333. The van der Waals surface area contributed by atoms with Crippen LogP contribution in [0, 0.1) is 22.7 Å².